The van der Waals surface area contributed by atoms with Crippen LogP contribution in [0.1, 0.15) is 49.8 Å². The molecule has 1 unspecified atom stereocenters. The quantitative estimate of drug-likeness (QED) is 0.197. The van der Waals surface area contributed by atoms with Crippen molar-refractivity contribution in [3.8, 4) is 0 Å². The summed E-state index contributed by atoms with van der Waals surface area (Å²) in [5.41, 5.74) is 7.08. The highest BCUT2D eigenvalue weighted by molar-refractivity contribution is 5.92. The zero-order chi connectivity index (χ0) is 25.6. The summed E-state index contributed by atoms with van der Waals surface area (Å²) in [5, 5.41) is 24.4. The molecule has 35 heavy (non-hydrogen) atoms. The van der Waals surface area contributed by atoms with E-state index in [1.807, 2.05) is 50.3 Å². The minimum absolute atomic E-state index is 0.275. The zero-order valence-corrected chi connectivity index (χ0v) is 21.3. The SMILES string of the molecule is C/C=C(\C(C(=O)O)=C(/C)NC)C1CCc2ccccc2C1.C=Cc1ccc(NCCCCO)cc1. The van der Waals surface area contributed by atoms with Crippen molar-refractivity contribution in [1.82, 2.24) is 5.32 Å². The lowest BCUT2D eigenvalue weighted by Gasteiger charge is -2.28. The first-order chi connectivity index (χ1) is 16.9. The van der Waals surface area contributed by atoms with E-state index in [0.717, 1.165) is 61.2 Å². The maximum absolute atomic E-state index is 11.6. The summed E-state index contributed by atoms with van der Waals surface area (Å²) in [6.45, 7) is 8.64. The van der Waals surface area contributed by atoms with Crippen LogP contribution >= 0.6 is 0 Å². The van der Waals surface area contributed by atoms with Crippen LogP contribution in [0.3, 0.4) is 0 Å². The fourth-order valence-corrected chi connectivity index (χ4v) is 4.38. The molecule has 4 N–H and O–H groups in total. The van der Waals surface area contributed by atoms with E-state index < -0.39 is 5.97 Å². The van der Waals surface area contributed by atoms with Crippen LogP contribution in [0.4, 0.5) is 5.69 Å². The van der Waals surface area contributed by atoms with Crippen LogP contribution in [0.2, 0.25) is 0 Å². The van der Waals surface area contributed by atoms with Gasteiger partial charge in [-0.2, -0.15) is 0 Å². The van der Waals surface area contributed by atoms with Crippen molar-refractivity contribution in [1.29, 1.82) is 0 Å². The van der Waals surface area contributed by atoms with Crippen molar-refractivity contribution in [3.63, 3.8) is 0 Å². The number of anilines is 1. The van der Waals surface area contributed by atoms with Crippen LogP contribution in [0.25, 0.3) is 6.08 Å². The molecule has 0 amide bonds. The second-order valence-corrected chi connectivity index (χ2v) is 8.69. The van der Waals surface area contributed by atoms with E-state index in [9.17, 15) is 9.90 Å². The van der Waals surface area contributed by atoms with Gasteiger partial charge in [0.15, 0.2) is 0 Å². The monoisotopic (exact) mass is 476 g/mol. The molecule has 1 atom stereocenters. The predicted molar refractivity (Wildman–Crippen MR) is 146 cm³/mol. The van der Waals surface area contributed by atoms with Gasteiger partial charge in [0.1, 0.15) is 0 Å². The minimum atomic E-state index is -0.853. The van der Waals surface area contributed by atoms with E-state index in [1.165, 1.54) is 11.1 Å². The Hall–Kier alpha value is -3.31. The first kappa shape index (κ1) is 27.9. The van der Waals surface area contributed by atoms with E-state index >= 15 is 0 Å². The average Bonchev–Trinajstić information content (AvgIpc) is 2.89. The average molecular weight is 477 g/mol. The van der Waals surface area contributed by atoms with Crippen LogP contribution in [0.5, 0.6) is 0 Å². The first-order valence-electron chi connectivity index (χ1n) is 12.4. The Bertz CT molecular complexity index is 1020. The normalized spacial score (nSPS) is 15.7. The Morgan fingerprint density at radius 3 is 2.37 bits per heavy atom. The Labute approximate surface area is 210 Å². The van der Waals surface area contributed by atoms with Crippen molar-refractivity contribution in [3.05, 3.63) is 94.7 Å². The summed E-state index contributed by atoms with van der Waals surface area (Å²) in [7, 11) is 1.77. The van der Waals surface area contributed by atoms with Gasteiger partial charge in [-0.05, 0) is 86.3 Å². The summed E-state index contributed by atoms with van der Waals surface area (Å²) in [6, 6.07) is 16.6. The molecule has 5 heteroatoms. The molecule has 0 saturated carbocycles. The van der Waals surface area contributed by atoms with Gasteiger partial charge in [-0.3, -0.25) is 0 Å². The molecule has 2 aromatic carbocycles. The molecule has 0 radical (unpaired) electrons. The number of aliphatic hydroxyl groups excluding tert-OH is 1. The van der Waals surface area contributed by atoms with Crippen molar-refractivity contribution in [2.75, 3.05) is 25.5 Å². The number of fused-ring (bicyclic) bond motifs is 1. The molecule has 0 bridgehead atoms. The Balaban J connectivity index is 0.000000269. The molecule has 1 aliphatic carbocycles. The highest BCUT2D eigenvalue weighted by atomic mass is 16.4. The maximum atomic E-state index is 11.6. The van der Waals surface area contributed by atoms with Gasteiger partial charge in [0.25, 0.3) is 0 Å². The number of benzene rings is 2. The second kappa shape index (κ2) is 14.8. The largest absolute Gasteiger partial charge is 0.478 e. The number of carboxylic acid groups (broad SMARTS) is 1. The molecule has 2 aromatic rings. The molecule has 3 rings (SSSR count). The molecule has 0 heterocycles. The van der Waals surface area contributed by atoms with Gasteiger partial charge in [0.05, 0.1) is 5.57 Å². The van der Waals surface area contributed by atoms with Gasteiger partial charge in [0.2, 0.25) is 0 Å². The molecule has 0 aromatic heterocycles. The van der Waals surface area contributed by atoms with E-state index in [4.69, 9.17) is 5.11 Å². The van der Waals surface area contributed by atoms with Crippen LogP contribution in [-0.2, 0) is 17.6 Å². The number of aliphatic hydroxyl groups is 1. The lowest BCUT2D eigenvalue weighted by molar-refractivity contribution is -0.132. The van der Waals surface area contributed by atoms with Gasteiger partial charge in [-0.15, -0.1) is 0 Å². The molecule has 5 nitrogen and oxygen atoms in total. The first-order valence-corrected chi connectivity index (χ1v) is 12.4. The maximum Gasteiger partial charge on any atom is 0.337 e. The molecule has 1 aliphatic rings. The van der Waals surface area contributed by atoms with Crippen LogP contribution in [-0.4, -0.2) is 36.4 Å². The van der Waals surface area contributed by atoms with E-state index in [-0.39, 0.29) is 12.5 Å². The number of carboxylic acids is 1. The number of aliphatic carboxylic acids is 1. The predicted octanol–water partition coefficient (Wildman–Crippen LogP) is 5.83. The summed E-state index contributed by atoms with van der Waals surface area (Å²) >= 11 is 0. The summed E-state index contributed by atoms with van der Waals surface area (Å²) in [5.74, 6) is -0.576. The van der Waals surface area contributed by atoms with Crippen LogP contribution < -0.4 is 10.6 Å². The number of aryl methyl sites for hydroxylation is 1. The summed E-state index contributed by atoms with van der Waals surface area (Å²) < 4.78 is 0. The topological polar surface area (TPSA) is 81.6 Å². The van der Waals surface area contributed by atoms with Gasteiger partial charge in [-0.1, -0.05) is 55.1 Å². The van der Waals surface area contributed by atoms with Crippen molar-refractivity contribution in [2.45, 2.75) is 46.0 Å². The number of nitrogens with one attached hydrogen (secondary N) is 2. The third-order valence-electron chi connectivity index (χ3n) is 6.41. The highest BCUT2D eigenvalue weighted by Gasteiger charge is 2.27. The van der Waals surface area contributed by atoms with Gasteiger partial charge < -0.3 is 20.8 Å². The molecule has 0 fully saturated rings. The Morgan fingerprint density at radius 2 is 1.80 bits per heavy atom. The minimum Gasteiger partial charge on any atom is -0.478 e. The third-order valence-corrected chi connectivity index (χ3v) is 6.41. The molecule has 0 saturated heterocycles. The van der Waals surface area contributed by atoms with Gasteiger partial charge >= 0.3 is 5.97 Å². The van der Waals surface area contributed by atoms with Crippen molar-refractivity contribution < 1.29 is 15.0 Å². The van der Waals surface area contributed by atoms with E-state index in [2.05, 4.69) is 41.5 Å². The van der Waals surface area contributed by atoms with Crippen molar-refractivity contribution >= 4 is 17.7 Å². The highest BCUT2D eigenvalue weighted by Crippen LogP contribution is 2.34. The van der Waals surface area contributed by atoms with Gasteiger partial charge in [-0.25, -0.2) is 4.79 Å². The third kappa shape index (κ3) is 8.45. The number of allylic oxidation sites excluding steroid dienone is 2. The summed E-state index contributed by atoms with van der Waals surface area (Å²) in [6.07, 6.45) is 8.59. The Morgan fingerprint density at radius 1 is 1.11 bits per heavy atom. The Kier molecular flexibility index (Phi) is 11.8. The number of hydrogen-bond donors (Lipinski definition) is 4. The molecular weight excluding hydrogens is 436 g/mol. The standard InChI is InChI=1S/C18H23NO2.C12H17NO/c1-4-16(17(18(20)21)12(2)19-3)15-10-9-13-7-5-6-8-14(13)11-15;1-2-11-5-7-12(8-6-11)13-9-3-4-10-14/h4-8,15,19H,9-11H2,1-3H3,(H,20,21);2,5-8,13-14H,1,3-4,9-10H2/b16-4-,17-12-;. The van der Waals surface area contributed by atoms with E-state index in [0.29, 0.717) is 5.57 Å². The molecule has 0 aliphatic heterocycles. The lowest BCUT2D eigenvalue weighted by atomic mass is 9.77. The fourth-order valence-electron chi connectivity index (χ4n) is 4.38. The number of carbonyl (C=O) groups is 1. The smallest absolute Gasteiger partial charge is 0.337 e. The van der Waals surface area contributed by atoms with E-state index in [1.54, 1.807) is 7.05 Å². The zero-order valence-electron chi connectivity index (χ0n) is 21.3. The summed E-state index contributed by atoms with van der Waals surface area (Å²) in [4.78, 5) is 11.6. The van der Waals surface area contributed by atoms with Gasteiger partial charge in [0, 0.05) is 31.6 Å². The van der Waals surface area contributed by atoms with Crippen LogP contribution in [0, 0.1) is 5.92 Å². The number of hydrogen-bond acceptors (Lipinski definition) is 4. The second-order valence-electron chi connectivity index (χ2n) is 8.69. The fraction of sp³-hybridized carbons (Fsp3) is 0.367. The number of unbranched alkanes of at least 4 members (excludes halogenated alkanes) is 1. The number of rotatable bonds is 10. The lowest BCUT2D eigenvalue weighted by Crippen LogP contribution is -2.22. The van der Waals surface area contributed by atoms with Crippen LogP contribution in [0.15, 0.2) is 78.0 Å². The molecular formula is C30H40N2O3. The van der Waals surface area contributed by atoms with Crippen molar-refractivity contribution in [2.24, 2.45) is 5.92 Å². The molecule has 0 spiro atoms. The molecule has 188 valence electrons.